The second kappa shape index (κ2) is 9.85. The lowest BCUT2D eigenvalue weighted by Crippen LogP contribution is -2.49. The molecule has 0 spiro atoms. The number of nitrogens with zero attached hydrogens (tertiary/aromatic N) is 5. The Morgan fingerprint density at radius 2 is 1.43 bits per heavy atom. The standard InChI is InChI=1S/C28H25N5O2/c1-20-6-8-22(9-7-20)27(34)23-4-2-3-5-24(23)28(35)33-18-16-32(17-19-33)26-11-10-25(30-31-26)21-12-14-29-15-13-21/h2-15H,16-19H2,1H3. The number of amides is 1. The summed E-state index contributed by atoms with van der Waals surface area (Å²) in [4.78, 5) is 34.5. The third kappa shape index (κ3) is 4.80. The minimum absolute atomic E-state index is 0.125. The van der Waals surface area contributed by atoms with Gasteiger partial charge in [0.15, 0.2) is 11.6 Å². The van der Waals surface area contributed by atoms with Gasteiger partial charge in [-0.05, 0) is 37.3 Å². The lowest BCUT2D eigenvalue weighted by atomic mass is 9.97. The Balaban J connectivity index is 1.27. The molecule has 0 unspecified atom stereocenters. The van der Waals surface area contributed by atoms with Gasteiger partial charge in [0.2, 0.25) is 0 Å². The molecular weight excluding hydrogens is 438 g/mol. The number of ketones is 1. The second-order valence-electron chi connectivity index (χ2n) is 8.53. The van der Waals surface area contributed by atoms with Crippen LogP contribution in [0.4, 0.5) is 5.82 Å². The van der Waals surface area contributed by atoms with Crippen molar-refractivity contribution in [2.45, 2.75) is 6.92 Å². The van der Waals surface area contributed by atoms with E-state index in [4.69, 9.17) is 0 Å². The van der Waals surface area contributed by atoms with Gasteiger partial charge in [-0.15, -0.1) is 10.2 Å². The van der Waals surface area contributed by atoms with Gasteiger partial charge >= 0.3 is 0 Å². The number of benzene rings is 2. The minimum atomic E-state index is -0.142. The maximum atomic E-state index is 13.4. The highest BCUT2D eigenvalue weighted by atomic mass is 16.2. The van der Waals surface area contributed by atoms with Crippen molar-refractivity contribution in [3.05, 3.63) is 107 Å². The summed E-state index contributed by atoms with van der Waals surface area (Å²) < 4.78 is 0. The molecule has 0 atom stereocenters. The molecule has 1 aliphatic rings. The van der Waals surface area contributed by atoms with Crippen LogP contribution in [0, 0.1) is 6.92 Å². The summed E-state index contributed by atoms with van der Waals surface area (Å²) in [7, 11) is 0. The zero-order valence-electron chi connectivity index (χ0n) is 19.5. The van der Waals surface area contributed by atoms with Gasteiger partial charge in [0.25, 0.3) is 5.91 Å². The number of hydrogen-bond acceptors (Lipinski definition) is 6. The third-order valence-corrected chi connectivity index (χ3v) is 6.23. The predicted molar refractivity (Wildman–Crippen MR) is 134 cm³/mol. The Hall–Kier alpha value is -4.39. The molecule has 174 valence electrons. The van der Waals surface area contributed by atoms with Gasteiger partial charge in [-0.3, -0.25) is 14.6 Å². The number of piperazine rings is 1. The van der Waals surface area contributed by atoms with Crippen LogP contribution in [0.2, 0.25) is 0 Å². The SMILES string of the molecule is Cc1ccc(C(=O)c2ccccc2C(=O)N2CCN(c3ccc(-c4ccncc4)nn3)CC2)cc1. The lowest BCUT2D eigenvalue weighted by molar-refractivity contribution is 0.0742. The Morgan fingerprint density at radius 1 is 0.743 bits per heavy atom. The highest BCUT2D eigenvalue weighted by Crippen LogP contribution is 2.21. The Kier molecular flexibility index (Phi) is 6.30. The molecule has 7 nitrogen and oxygen atoms in total. The molecule has 0 bridgehead atoms. The number of pyridine rings is 1. The molecule has 0 saturated carbocycles. The van der Waals surface area contributed by atoms with E-state index in [0.717, 1.165) is 22.6 Å². The topological polar surface area (TPSA) is 79.3 Å². The summed E-state index contributed by atoms with van der Waals surface area (Å²) >= 11 is 0. The van der Waals surface area contributed by atoms with Crippen molar-refractivity contribution in [1.29, 1.82) is 0 Å². The first-order chi connectivity index (χ1) is 17.1. The molecule has 2 aromatic heterocycles. The Labute approximate surface area is 204 Å². The molecule has 0 radical (unpaired) electrons. The molecule has 4 aromatic rings. The van der Waals surface area contributed by atoms with E-state index >= 15 is 0 Å². The number of hydrogen-bond donors (Lipinski definition) is 0. The van der Waals surface area contributed by atoms with E-state index in [-0.39, 0.29) is 11.7 Å². The Bertz CT molecular complexity index is 1330. The fraction of sp³-hybridized carbons (Fsp3) is 0.179. The van der Waals surface area contributed by atoms with E-state index in [1.165, 1.54) is 0 Å². The maximum absolute atomic E-state index is 13.4. The van der Waals surface area contributed by atoms with Crippen molar-refractivity contribution < 1.29 is 9.59 Å². The van der Waals surface area contributed by atoms with E-state index in [0.29, 0.717) is 42.9 Å². The molecular formula is C28H25N5O2. The van der Waals surface area contributed by atoms with Gasteiger partial charge in [-0.2, -0.15) is 0 Å². The first-order valence-electron chi connectivity index (χ1n) is 11.6. The van der Waals surface area contributed by atoms with Crippen molar-refractivity contribution >= 4 is 17.5 Å². The summed E-state index contributed by atoms with van der Waals surface area (Å²) in [5.41, 5.74) is 4.29. The van der Waals surface area contributed by atoms with Gasteiger partial charge in [0.05, 0.1) is 11.3 Å². The van der Waals surface area contributed by atoms with E-state index < -0.39 is 0 Å². The van der Waals surface area contributed by atoms with Crippen LogP contribution in [0.25, 0.3) is 11.3 Å². The number of aromatic nitrogens is 3. The molecule has 1 fully saturated rings. The lowest BCUT2D eigenvalue weighted by Gasteiger charge is -2.35. The van der Waals surface area contributed by atoms with Crippen molar-refractivity contribution in [2.24, 2.45) is 0 Å². The fourth-order valence-electron chi connectivity index (χ4n) is 4.21. The van der Waals surface area contributed by atoms with Crippen molar-refractivity contribution in [3.63, 3.8) is 0 Å². The predicted octanol–water partition coefficient (Wildman–Crippen LogP) is 4.04. The highest BCUT2D eigenvalue weighted by molar-refractivity contribution is 6.15. The van der Waals surface area contributed by atoms with Crippen molar-refractivity contribution in [3.8, 4) is 11.3 Å². The zero-order valence-corrected chi connectivity index (χ0v) is 19.5. The second-order valence-corrected chi connectivity index (χ2v) is 8.53. The molecule has 3 heterocycles. The Morgan fingerprint density at radius 3 is 2.09 bits per heavy atom. The molecule has 1 aliphatic heterocycles. The summed E-state index contributed by atoms with van der Waals surface area (Å²) in [6, 6.07) is 22.2. The van der Waals surface area contributed by atoms with E-state index in [1.54, 1.807) is 53.7 Å². The van der Waals surface area contributed by atoms with Gasteiger partial charge in [0, 0.05) is 55.3 Å². The number of rotatable bonds is 5. The van der Waals surface area contributed by atoms with Crippen LogP contribution in [0.15, 0.2) is 85.2 Å². The smallest absolute Gasteiger partial charge is 0.254 e. The fourth-order valence-corrected chi connectivity index (χ4v) is 4.21. The third-order valence-electron chi connectivity index (χ3n) is 6.23. The molecule has 1 amide bonds. The molecule has 2 aromatic carbocycles. The maximum Gasteiger partial charge on any atom is 0.254 e. The first kappa shape index (κ1) is 22.4. The van der Waals surface area contributed by atoms with Crippen LogP contribution in [0.1, 0.15) is 31.8 Å². The van der Waals surface area contributed by atoms with E-state index in [9.17, 15) is 9.59 Å². The summed E-state index contributed by atoms with van der Waals surface area (Å²) in [5.74, 6) is 0.516. The van der Waals surface area contributed by atoms with Crippen molar-refractivity contribution in [1.82, 2.24) is 20.1 Å². The van der Waals surface area contributed by atoms with Crippen LogP contribution in [-0.4, -0.2) is 58.0 Å². The monoisotopic (exact) mass is 463 g/mol. The number of carbonyl (C=O) groups excluding carboxylic acids is 2. The number of carbonyl (C=O) groups is 2. The van der Waals surface area contributed by atoms with Gasteiger partial charge in [-0.25, -0.2) is 0 Å². The average molecular weight is 464 g/mol. The normalized spacial score (nSPS) is 13.5. The van der Waals surface area contributed by atoms with E-state index in [2.05, 4.69) is 20.1 Å². The molecule has 0 aliphatic carbocycles. The van der Waals surface area contributed by atoms with E-state index in [1.807, 2.05) is 43.3 Å². The van der Waals surface area contributed by atoms with Crippen LogP contribution in [-0.2, 0) is 0 Å². The molecule has 5 rings (SSSR count). The number of anilines is 1. The molecule has 7 heteroatoms. The first-order valence-corrected chi connectivity index (χ1v) is 11.6. The molecule has 0 N–H and O–H groups in total. The molecule has 35 heavy (non-hydrogen) atoms. The van der Waals surface area contributed by atoms with Crippen LogP contribution in [0.5, 0.6) is 0 Å². The van der Waals surface area contributed by atoms with Gasteiger partial charge < -0.3 is 9.80 Å². The average Bonchev–Trinajstić information content (AvgIpc) is 2.93. The minimum Gasteiger partial charge on any atom is -0.352 e. The molecule has 1 saturated heterocycles. The highest BCUT2D eigenvalue weighted by Gasteiger charge is 2.26. The summed E-state index contributed by atoms with van der Waals surface area (Å²) in [6.07, 6.45) is 3.46. The van der Waals surface area contributed by atoms with Crippen molar-refractivity contribution in [2.75, 3.05) is 31.1 Å². The van der Waals surface area contributed by atoms with Crippen LogP contribution < -0.4 is 4.90 Å². The number of aryl methyl sites for hydroxylation is 1. The van der Waals surface area contributed by atoms with Gasteiger partial charge in [0.1, 0.15) is 0 Å². The quantitative estimate of drug-likeness (QED) is 0.416. The van der Waals surface area contributed by atoms with Crippen LogP contribution in [0.3, 0.4) is 0 Å². The largest absolute Gasteiger partial charge is 0.352 e. The summed E-state index contributed by atoms with van der Waals surface area (Å²) in [5, 5.41) is 8.74. The van der Waals surface area contributed by atoms with Gasteiger partial charge in [-0.1, -0.05) is 48.0 Å². The zero-order chi connectivity index (χ0) is 24.2. The summed E-state index contributed by atoms with van der Waals surface area (Å²) in [6.45, 7) is 4.35. The van der Waals surface area contributed by atoms with Crippen LogP contribution >= 0.6 is 0 Å².